The van der Waals surface area contributed by atoms with E-state index in [1.165, 1.54) is 0 Å². The van der Waals surface area contributed by atoms with Crippen molar-refractivity contribution in [3.63, 3.8) is 0 Å². The Morgan fingerprint density at radius 3 is 2.11 bits per heavy atom. The van der Waals surface area contributed by atoms with Crippen LogP contribution in [0, 0.1) is 17.0 Å². The summed E-state index contributed by atoms with van der Waals surface area (Å²) in [5, 5.41) is 11.2. The third-order valence-electron chi connectivity index (χ3n) is 5.30. The Bertz CT molecular complexity index is 872. The minimum Gasteiger partial charge on any atom is -0.399 e. The summed E-state index contributed by atoms with van der Waals surface area (Å²) in [5.74, 6) is 0. The van der Waals surface area contributed by atoms with E-state index >= 15 is 0 Å². The van der Waals surface area contributed by atoms with Crippen LogP contribution in [0.3, 0.4) is 0 Å². The third kappa shape index (κ3) is 3.97. The maximum absolute atomic E-state index is 11.2. The van der Waals surface area contributed by atoms with Gasteiger partial charge in [-0.2, -0.15) is 0 Å². The van der Waals surface area contributed by atoms with Crippen LogP contribution in [0.1, 0.15) is 44.4 Å². The molecule has 0 radical (unpaired) electrons. The van der Waals surface area contributed by atoms with Crippen molar-refractivity contribution < 1.29 is 14.2 Å². The van der Waals surface area contributed by atoms with Crippen molar-refractivity contribution in [2.24, 2.45) is 0 Å². The van der Waals surface area contributed by atoms with Gasteiger partial charge in [0.15, 0.2) is 0 Å². The van der Waals surface area contributed by atoms with Crippen LogP contribution in [0.5, 0.6) is 0 Å². The molecule has 0 saturated carbocycles. The molecule has 2 aromatic carbocycles. The lowest BCUT2D eigenvalue weighted by Crippen LogP contribution is -2.41. The van der Waals surface area contributed by atoms with Crippen LogP contribution in [0.15, 0.2) is 42.5 Å². The molecule has 3 rings (SSSR count). The predicted octanol–water partition coefficient (Wildman–Crippen LogP) is 4.37. The molecule has 0 aromatic heterocycles. The van der Waals surface area contributed by atoms with Gasteiger partial charge in [0.1, 0.15) is 0 Å². The largest absolute Gasteiger partial charge is 0.494 e. The van der Waals surface area contributed by atoms with Gasteiger partial charge in [-0.1, -0.05) is 36.4 Å². The number of hydrogen-bond acceptors (Lipinski definition) is 4. The number of nitro groups is 1. The van der Waals surface area contributed by atoms with E-state index in [9.17, 15) is 10.1 Å². The van der Waals surface area contributed by atoms with E-state index in [0.717, 1.165) is 16.6 Å². The molecule has 0 aliphatic carbocycles. The molecule has 0 N–H and O–H groups in total. The van der Waals surface area contributed by atoms with E-state index in [1.807, 2.05) is 71.0 Å². The van der Waals surface area contributed by atoms with Crippen LogP contribution in [0.25, 0.3) is 12.2 Å². The number of hydrogen-bond donors (Lipinski definition) is 0. The molecule has 0 bridgehead atoms. The van der Waals surface area contributed by atoms with Gasteiger partial charge in [0.2, 0.25) is 0 Å². The van der Waals surface area contributed by atoms with Crippen molar-refractivity contribution in [1.82, 2.24) is 0 Å². The van der Waals surface area contributed by atoms with Crippen LogP contribution in [0.2, 0.25) is 0 Å². The van der Waals surface area contributed by atoms with Gasteiger partial charge in [0.25, 0.3) is 5.69 Å². The molecule has 1 saturated heterocycles. The highest BCUT2D eigenvalue weighted by molar-refractivity contribution is 6.62. The normalized spacial score (nSPS) is 18.2. The smallest absolute Gasteiger partial charge is 0.399 e. The minimum atomic E-state index is -0.397. The minimum absolute atomic E-state index is 0.111. The summed E-state index contributed by atoms with van der Waals surface area (Å²) in [6, 6.07) is 13.1. The van der Waals surface area contributed by atoms with E-state index in [0.29, 0.717) is 5.56 Å². The Hall–Kier alpha value is -2.44. The van der Waals surface area contributed by atoms with Crippen LogP contribution in [0.4, 0.5) is 5.69 Å². The Morgan fingerprint density at radius 1 is 0.963 bits per heavy atom. The third-order valence-corrected chi connectivity index (χ3v) is 5.30. The molecule has 140 valence electrons. The van der Waals surface area contributed by atoms with Gasteiger partial charge in [-0.05, 0) is 63.4 Å². The summed E-state index contributed by atoms with van der Waals surface area (Å²) in [7, 11) is -0.397. The van der Waals surface area contributed by atoms with Crippen molar-refractivity contribution in [2.75, 3.05) is 0 Å². The van der Waals surface area contributed by atoms with Crippen LogP contribution < -0.4 is 5.46 Å². The highest BCUT2D eigenvalue weighted by Gasteiger charge is 2.51. The molecule has 0 spiro atoms. The van der Waals surface area contributed by atoms with Crippen molar-refractivity contribution >= 4 is 30.4 Å². The molecule has 6 heteroatoms. The lowest BCUT2D eigenvalue weighted by atomic mass is 9.79. The van der Waals surface area contributed by atoms with Crippen LogP contribution in [-0.2, 0) is 9.31 Å². The zero-order valence-electron chi connectivity index (χ0n) is 16.4. The molecule has 1 aliphatic rings. The molecule has 0 atom stereocenters. The summed E-state index contributed by atoms with van der Waals surface area (Å²) < 4.78 is 12.1. The second-order valence-electron chi connectivity index (χ2n) is 7.91. The zero-order chi connectivity index (χ0) is 19.8. The lowest BCUT2D eigenvalue weighted by molar-refractivity contribution is -0.385. The second kappa shape index (κ2) is 6.95. The second-order valence-corrected chi connectivity index (χ2v) is 7.91. The topological polar surface area (TPSA) is 61.6 Å². The summed E-state index contributed by atoms with van der Waals surface area (Å²) in [5.41, 5.74) is 2.71. The number of nitrogens with zero attached hydrogens (tertiary/aromatic N) is 1. The van der Waals surface area contributed by atoms with E-state index in [1.54, 1.807) is 18.2 Å². The summed E-state index contributed by atoms with van der Waals surface area (Å²) in [4.78, 5) is 10.9. The van der Waals surface area contributed by atoms with Crippen molar-refractivity contribution in [2.45, 2.75) is 45.8 Å². The standard InChI is InChI=1S/C21H24BNO4/c1-15-6-10-17(19(14-15)23(24)25)11-7-16-8-12-18(13-9-16)22-26-20(2,3)21(4,5)27-22/h6-14H,1-5H3/b11-7+. The molecular formula is C21H24BNO4. The van der Waals surface area contributed by atoms with Gasteiger partial charge in [0, 0.05) is 6.07 Å². The predicted molar refractivity (Wildman–Crippen MR) is 109 cm³/mol. The molecule has 27 heavy (non-hydrogen) atoms. The SMILES string of the molecule is Cc1ccc(/C=C/c2ccc(B3OC(C)(C)C(C)(C)O3)cc2)c([N+](=O)[O-])c1. The van der Waals surface area contributed by atoms with Crippen LogP contribution >= 0.6 is 0 Å². The Labute approximate surface area is 160 Å². The molecule has 1 aliphatic heterocycles. The first kappa shape index (κ1) is 19.3. The average Bonchev–Trinajstić information content (AvgIpc) is 2.82. The maximum atomic E-state index is 11.2. The Kier molecular flexibility index (Phi) is 4.97. The van der Waals surface area contributed by atoms with E-state index in [4.69, 9.17) is 9.31 Å². The molecule has 1 heterocycles. The highest BCUT2D eigenvalue weighted by Crippen LogP contribution is 2.36. The molecule has 1 fully saturated rings. The maximum Gasteiger partial charge on any atom is 0.494 e. The average molecular weight is 365 g/mol. The van der Waals surface area contributed by atoms with Gasteiger partial charge in [0.05, 0.1) is 21.7 Å². The van der Waals surface area contributed by atoms with Gasteiger partial charge in [-0.15, -0.1) is 0 Å². The van der Waals surface area contributed by atoms with E-state index < -0.39 is 7.12 Å². The van der Waals surface area contributed by atoms with Crippen molar-refractivity contribution in [3.05, 3.63) is 69.3 Å². The molecular weight excluding hydrogens is 341 g/mol. The number of benzene rings is 2. The Morgan fingerprint density at radius 2 is 1.56 bits per heavy atom. The first-order valence-electron chi connectivity index (χ1n) is 8.98. The summed E-state index contributed by atoms with van der Waals surface area (Å²) in [6.07, 6.45) is 3.63. The Balaban J connectivity index is 1.78. The number of rotatable bonds is 4. The fraction of sp³-hybridized carbons (Fsp3) is 0.333. The highest BCUT2D eigenvalue weighted by atomic mass is 16.7. The van der Waals surface area contributed by atoms with Crippen molar-refractivity contribution in [1.29, 1.82) is 0 Å². The van der Waals surface area contributed by atoms with Gasteiger partial charge in [-0.3, -0.25) is 10.1 Å². The fourth-order valence-corrected chi connectivity index (χ4v) is 2.88. The monoisotopic (exact) mass is 365 g/mol. The lowest BCUT2D eigenvalue weighted by Gasteiger charge is -2.32. The molecule has 0 unspecified atom stereocenters. The van der Waals surface area contributed by atoms with Gasteiger partial charge in [-0.25, -0.2) is 0 Å². The van der Waals surface area contributed by atoms with Gasteiger partial charge < -0.3 is 9.31 Å². The van der Waals surface area contributed by atoms with Crippen molar-refractivity contribution in [3.8, 4) is 0 Å². The summed E-state index contributed by atoms with van der Waals surface area (Å²) >= 11 is 0. The van der Waals surface area contributed by atoms with Gasteiger partial charge >= 0.3 is 7.12 Å². The van der Waals surface area contributed by atoms with E-state index in [2.05, 4.69) is 0 Å². The summed E-state index contributed by atoms with van der Waals surface area (Å²) in [6.45, 7) is 9.95. The quantitative estimate of drug-likeness (QED) is 0.349. The molecule has 5 nitrogen and oxygen atoms in total. The first-order valence-corrected chi connectivity index (χ1v) is 8.98. The number of nitro benzene ring substituents is 1. The van der Waals surface area contributed by atoms with Crippen LogP contribution in [-0.4, -0.2) is 23.2 Å². The molecule has 2 aromatic rings. The van der Waals surface area contributed by atoms with E-state index in [-0.39, 0.29) is 21.8 Å². The molecule has 0 amide bonds. The number of aryl methyl sites for hydroxylation is 1. The zero-order valence-corrected chi connectivity index (χ0v) is 16.4. The first-order chi connectivity index (χ1) is 12.6. The fourth-order valence-electron chi connectivity index (χ4n) is 2.88.